The summed E-state index contributed by atoms with van der Waals surface area (Å²) in [5, 5.41) is 6.79. The van der Waals surface area contributed by atoms with Crippen LogP contribution in [-0.4, -0.2) is 11.5 Å². The molecule has 0 aliphatic heterocycles. The maximum atomic E-state index is 4.59. The monoisotopic (exact) mass is 280 g/mol. The van der Waals surface area contributed by atoms with Gasteiger partial charge < -0.3 is 5.32 Å². The van der Waals surface area contributed by atoms with Crippen LogP contribution in [0.2, 0.25) is 0 Å². The van der Waals surface area contributed by atoms with Crippen LogP contribution in [-0.2, 0) is 0 Å². The van der Waals surface area contributed by atoms with Gasteiger partial charge in [0.2, 0.25) is 0 Å². The third-order valence-corrected chi connectivity index (χ3v) is 3.95. The lowest BCUT2D eigenvalue weighted by Crippen LogP contribution is -1.98. The highest BCUT2D eigenvalue weighted by Gasteiger charge is 2.01. The molecule has 0 aliphatic rings. The summed E-state index contributed by atoms with van der Waals surface area (Å²) in [4.78, 5) is 5.80. The Morgan fingerprint density at radius 1 is 0.950 bits per heavy atom. The fourth-order valence-corrected chi connectivity index (χ4v) is 2.96. The van der Waals surface area contributed by atoms with Crippen molar-refractivity contribution in [3.63, 3.8) is 0 Å². The number of aromatic nitrogens is 1. The van der Waals surface area contributed by atoms with Crippen LogP contribution in [0.25, 0.3) is 10.8 Å². The molecule has 2 nitrogen and oxygen atoms in total. The minimum Gasteiger partial charge on any atom is -0.370 e. The minimum absolute atomic E-state index is 0.886. The number of hydrogen-bond donors (Lipinski definition) is 1. The first-order chi connectivity index (χ1) is 9.85. The molecule has 3 heteroatoms. The largest absolute Gasteiger partial charge is 0.370 e. The standard InChI is InChI=1S/C17H16N2S/c1-2-18-16-8-5-9-17(19-16)20-15-11-10-13-6-3-4-7-14(13)12-15/h3-12H,2H2,1H3,(H,18,19). The van der Waals surface area contributed by atoms with Gasteiger partial charge in [0.1, 0.15) is 10.8 Å². The highest BCUT2D eigenvalue weighted by Crippen LogP contribution is 2.29. The molecule has 0 saturated carbocycles. The molecule has 0 radical (unpaired) electrons. The van der Waals surface area contributed by atoms with E-state index in [9.17, 15) is 0 Å². The molecule has 0 bridgehead atoms. The van der Waals surface area contributed by atoms with Crippen LogP contribution in [0.5, 0.6) is 0 Å². The van der Waals surface area contributed by atoms with Gasteiger partial charge in [-0.3, -0.25) is 0 Å². The zero-order valence-electron chi connectivity index (χ0n) is 11.3. The van der Waals surface area contributed by atoms with E-state index in [2.05, 4.69) is 59.7 Å². The maximum Gasteiger partial charge on any atom is 0.127 e. The summed E-state index contributed by atoms with van der Waals surface area (Å²) in [7, 11) is 0. The SMILES string of the molecule is CCNc1cccc(Sc2ccc3ccccc3c2)n1. The lowest BCUT2D eigenvalue weighted by Gasteiger charge is -2.06. The Bertz CT molecular complexity index is 725. The van der Waals surface area contributed by atoms with Crippen LogP contribution in [0.15, 0.2) is 70.6 Å². The van der Waals surface area contributed by atoms with E-state index < -0.39 is 0 Å². The van der Waals surface area contributed by atoms with E-state index >= 15 is 0 Å². The van der Waals surface area contributed by atoms with E-state index in [1.165, 1.54) is 15.7 Å². The van der Waals surface area contributed by atoms with Crippen molar-refractivity contribution in [2.24, 2.45) is 0 Å². The number of fused-ring (bicyclic) bond motifs is 1. The van der Waals surface area contributed by atoms with Gasteiger partial charge in [0.05, 0.1) is 0 Å². The van der Waals surface area contributed by atoms with E-state index in [1.807, 2.05) is 18.2 Å². The van der Waals surface area contributed by atoms with Gasteiger partial charge in [-0.1, -0.05) is 48.2 Å². The molecule has 0 saturated heterocycles. The molecule has 3 aromatic rings. The number of rotatable bonds is 4. The van der Waals surface area contributed by atoms with Crippen molar-refractivity contribution in [1.82, 2.24) is 4.98 Å². The lowest BCUT2D eigenvalue weighted by atomic mass is 10.1. The highest BCUT2D eigenvalue weighted by molar-refractivity contribution is 7.99. The Labute approximate surface area is 123 Å². The van der Waals surface area contributed by atoms with Gasteiger partial charge in [-0.15, -0.1) is 0 Å². The van der Waals surface area contributed by atoms with Gasteiger partial charge in [-0.25, -0.2) is 4.98 Å². The first-order valence-electron chi connectivity index (χ1n) is 6.73. The number of benzene rings is 2. The lowest BCUT2D eigenvalue weighted by molar-refractivity contribution is 1.08. The van der Waals surface area contributed by atoms with Gasteiger partial charge in [0, 0.05) is 11.4 Å². The van der Waals surface area contributed by atoms with Gasteiger partial charge in [0.25, 0.3) is 0 Å². The summed E-state index contributed by atoms with van der Waals surface area (Å²) >= 11 is 1.69. The molecule has 1 aromatic heterocycles. The molecule has 0 spiro atoms. The van der Waals surface area contributed by atoms with Crippen LogP contribution in [0.3, 0.4) is 0 Å². The average molecular weight is 280 g/mol. The third kappa shape index (κ3) is 2.94. The predicted octanol–water partition coefficient (Wildman–Crippen LogP) is 4.82. The summed E-state index contributed by atoms with van der Waals surface area (Å²) in [5.41, 5.74) is 0. The van der Waals surface area contributed by atoms with Crippen LogP contribution in [0.1, 0.15) is 6.92 Å². The van der Waals surface area contributed by atoms with E-state index in [0.717, 1.165) is 17.4 Å². The fraction of sp³-hybridized carbons (Fsp3) is 0.118. The van der Waals surface area contributed by atoms with E-state index in [4.69, 9.17) is 0 Å². The smallest absolute Gasteiger partial charge is 0.127 e. The minimum atomic E-state index is 0.886. The molecule has 1 heterocycles. The van der Waals surface area contributed by atoms with Crippen molar-refractivity contribution in [2.45, 2.75) is 16.8 Å². The molecule has 100 valence electrons. The quantitative estimate of drug-likeness (QED) is 0.741. The molecular weight excluding hydrogens is 264 g/mol. The van der Waals surface area contributed by atoms with Crippen molar-refractivity contribution in [3.8, 4) is 0 Å². The molecule has 0 amide bonds. The zero-order valence-corrected chi connectivity index (χ0v) is 12.2. The summed E-state index contributed by atoms with van der Waals surface area (Å²) in [5.74, 6) is 0.929. The predicted molar refractivity (Wildman–Crippen MR) is 86.5 cm³/mol. The van der Waals surface area contributed by atoms with Crippen LogP contribution in [0, 0.1) is 0 Å². The van der Waals surface area contributed by atoms with Crippen molar-refractivity contribution in [1.29, 1.82) is 0 Å². The molecule has 2 aromatic carbocycles. The normalized spacial score (nSPS) is 10.7. The average Bonchev–Trinajstić information content (AvgIpc) is 2.48. The summed E-state index contributed by atoms with van der Waals surface area (Å²) in [6.07, 6.45) is 0. The Morgan fingerprint density at radius 2 is 1.80 bits per heavy atom. The Balaban J connectivity index is 1.87. The van der Waals surface area contributed by atoms with Crippen molar-refractivity contribution in [3.05, 3.63) is 60.7 Å². The summed E-state index contributed by atoms with van der Waals surface area (Å²) in [6, 6.07) is 21.0. The fourth-order valence-electron chi connectivity index (χ4n) is 2.10. The topological polar surface area (TPSA) is 24.9 Å². The van der Waals surface area contributed by atoms with Crippen LogP contribution < -0.4 is 5.32 Å². The van der Waals surface area contributed by atoms with E-state index in [1.54, 1.807) is 11.8 Å². The second kappa shape index (κ2) is 5.97. The molecule has 3 rings (SSSR count). The molecule has 0 atom stereocenters. The zero-order chi connectivity index (χ0) is 13.8. The molecule has 20 heavy (non-hydrogen) atoms. The third-order valence-electron chi connectivity index (χ3n) is 3.02. The molecular formula is C17H16N2S. The second-order valence-corrected chi connectivity index (χ2v) is 5.60. The van der Waals surface area contributed by atoms with Crippen molar-refractivity contribution in [2.75, 3.05) is 11.9 Å². The molecule has 0 unspecified atom stereocenters. The maximum absolute atomic E-state index is 4.59. The van der Waals surface area contributed by atoms with Gasteiger partial charge >= 0.3 is 0 Å². The number of anilines is 1. The molecule has 0 fully saturated rings. The van der Waals surface area contributed by atoms with Gasteiger partial charge in [-0.2, -0.15) is 0 Å². The molecule has 0 aliphatic carbocycles. The van der Waals surface area contributed by atoms with Crippen molar-refractivity contribution >= 4 is 28.4 Å². The van der Waals surface area contributed by atoms with Crippen LogP contribution >= 0.6 is 11.8 Å². The number of hydrogen-bond acceptors (Lipinski definition) is 3. The van der Waals surface area contributed by atoms with Crippen molar-refractivity contribution < 1.29 is 0 Å². The Kier molecular flexibility index (Phi) is 3.88. The summed E-state index contributed by atoms with van der Waals surface area (Å²) in [6.45, 7) is 2.96. The number of nitrogens with zero attached hydrogens (tertiary/aromatic N) is 1. The Hall–Kier alpha value is -2.00. The molecule has 1 N–H and O–H groups in total. The number of nitrogens with one attached hydrogen (secondary N) is 1. The van der Waals surface area contributed by atoms with E-state index in [0.29, 0.717) is 0 Å². The number of pyridine rings is 1. The van der Waals surface area contributed by atoms with Gasteiger partial charge in [-0.05, 0) is 42.0 Å². The first-order valence-corrected chi connectivity index (χ1v) is 7.54. The second-order valence-electron chi connectivity index (χ2n) is 4.50. The van der Waals surface area contributed by atoms with Crippen LogP contribution in [0.4, 0.5) is 5.82 Å². The summed E-state index contributed by atoms with van der Waals surface area (Å²) < 4.78 is 0. The van der Waals surface area contributed by atoms with E-state index in [-0.39, 0.29) is 0 Å². The first kappa shape index (κ1) is 13.0. The Morgan fingerprint density at radius 3 is 2.65 bits per heavy atom. The highest BCUT2D eigenvalue weighted by atomic mass is 32.2. The van der Waals surface area contributed by atoms with Gasteiger partial charge in [0.15, 0.2) is 0 Å².